The first kappa shape index (κ1) is 14.0. The average molecular weight is 218 g/mol. The lowest BCUT2D eigenvalue weighted by Crippen LogP contribution is -2.31. The highest BCUT2D eigenvalue weighted by atomic mass is 35.5. The van der Waals surface area contributed by atoms with Crippen LogP contribution in [-0.4, -0.2) is 30.4 Å². The summed E-state index contributed by atoms with van der Waals surface area (Å²) in [7, 11) is 0. The van der Waals surface area contributed by atoms with Crippen LogP contribution in [0.1, 0.15) is 27.7 Å². The van der Waals surface area contributed by atoms with E-state index in [0.29, 0.717) is 5.88 Å². The van der Waals surface area contributed by atoms with Gasteiger partial charge in [0.15, 0.2) is 0 Å². The Balaban J connectivity index is 3.90. The van der Waals surface area contributed by atoms with Crippen molar-refractivity contribution in [3.05, 3.63) is 12.2 Å². The summed E-state index contributed by atoms with van der Waals surface area (Å²) >= 11 is 5.59. The maximum atomic E-state index is 5.59. The van der Waals surface area contributed by atoms with Crippen molar-refractivity contribution in [2.24, 2.45) is 11.8 Å². The Labute approximate surface area is 94.1 Å². The third kappa shape index (κ3) is 8.58. The molecule has 0 aromatic carbocycles. The van der Waals surface area contributed by atoms with Crippen LogP contribution in [0, 0.1) is 11.8 Å². The SMILES string of the molecule is CC(C)CN(CC=CCCl)CC(C)C. The van der Waals surface area contributed by atoms with Gasteiger partial charge in [0.1, 0.15) is 0 Å². The zero-order valence-corrected chi connectivity index (χ0v) is 10.7. The number of halogens is 1. The summed E-state index contributed by atoms with van der Waals surface area (Å²) in [6.45, 7) is 12.4. The normalized spacial score (nSPS) is 12.6. The number of hydrogen-bond acceptors (Lipinski definition) is 1. The molecule has 2 heteroatoms. The highest BCUT2D eigenvalue weighted by Gasteiger charge is 2.07. The fourth-order valence-corrected chi connectivity index (χ4v) is 1.67. The first-order valence-electron chi connectivity index (χ1n) is 5.49. The van der Waals surface area contributed by atoms with E-state index in [0.717, 1.165) is 18.4 Å². The van der Waals surface area contributed by atoms with Gasteiger partial charge in [-0.05, 0) is 11.8 Å². The van der Waals surface area contributed by atoms with Crippen molar-refractivity contribution in [3.8, 4) is 0 Å². The summed E-state index contributed by atoms with van der Waals surface area (Å²) < 4.78 is 0. The lowest BCUT2D eigenvalue weighted by atomic mass is 10.1. The molecule has 0 atom stereocenters. The van der Waals surface area contributed by atoms with Crippen molar-refractivity contribution in [2.75, 3.05) is 25.5 Å². The van der Waals surface area contributed by atoms with Gasteiger partial charge in [-0.25, -0.2) is 0 Å². The summed E-state index contributed by atoms with van der Waals surface area (Å²) in [6.07, 6.45) is 4.19. The summed E-state index contributed by atoms with van der Waals surface area (Å²) in [6, 6.07) is 0. The molecule has 0 unspecified atom stereocenters. The van der Waals surface area contributed by atoms with Crippen LogP contribution in [0.3, 0.4) is 0 Å². The van der Waals surface area contributed by atoms with Crippen LogP contribution in [0.4, 0.5) is 0 Å². The van der Waals surface area contributed by atoms with Gasteiger partial charge in [-0.2, -0.15) is 0 Å². The minimum absolute atomic E-state index is 0.622. The van der Waals surface area contributed by atoms with E-state index in [1.165, 1.54) is 13.1 Å². The second-order valence-corrected chi connectivity index (χ2v) is 4.94. The molecule has 14 heavy (non-hydrogen) atoms. The van der Waals surface area contributed by atoms with Gasteiger partial charge in [-0.3, -0.25) is 4.90 Å². The Hall–Kier alpha value is -0.0100. The fraction of sp³-hybridized carbons (Fsp3) is 0.833. The van der Waals surface area contributed by atoms with Crippen LogP contribution in [0.2, 0.25) is 0 Å². The van der Waals surface area contributed by atoms with E-state index in [1.54, 1.807) is 0 Å². The van der Waals surface area contributed by atoms with E-state index < -0.39 is 0 Å². The molecule has 0 aliphatic heterocycles. The van der Waals surface area contributed by atoms with Crippen molar-refractivity contribution in [2.45, 2.75) is 27.7 Å². The second kappa shape index (κ2) is 8.31. The van der Waals surface area contributed by atoms with Gasteiger partial charge < -0.3 is 0 Å². The summed E-state index contributed by atoms with van der Waals surface area (Å²) in [5, 5.41) is 0. The molecular weight excluding hydrogens is 194 g/mol. The third-order valence-electron chi connectivity index (χ3n) is 1.87. The monoisotopic (exact) mass is 217 g/mol. The smallest absolute Gasteiger partial charge is 0.0404 e. The van der Waals surface area contributed by atoms with Crippen molar-refractivity contribution < 1.29 is 0 Å². The van der Waals surface area contributed by atoms with Gasteiger partial charge in [0.2, 0.25) is 0 Å². The number of alkyl halides is 1. The molecule has 0 bridgehead atoms. The topological polar surface area (TPSA) is 3.24 Å². The standard InChI is InChI=1S/C12H24ClN/c1-11(2)9-14(10-12(3)4)8-6-5-7-13/h5-6,11-12H,7-10H2,1-4H3. The predicted molar refractivity (Wildman–Crippen MR) is 66.0 cm³/mol. The quantitative estimate of drug-likeness (QED) is 0.467. The largest absolute Gasteiger partial charge is 0.299 e. The van der Waals surface area contributed by atoms with E-state index in [2.05, 4.69) is 38.7 Å². The minimum Gasteiger partial charge on any atom is -0.299 e. The molecule has 0 saturated carbocycles. The number of rotatable bonds is 7. The number of hydrogen-bond donors (Lipinski definition) is 0. The zero-order chi connectivity index (χ0) is 11.0. The molecule has 0 radical (unpaired) electrons. The lowest BCUT2D eigenvalue weighted by molar-refractivity contribution is 0.241. The Bertz CT molecular complexity index is 142. The van der Waals surface area contributed by atoms with Gasteiger partial charge in [-0.1, -0.05) is 39.8 Å². The van der Waals surface area contributed by atoms with Crippen LogP contribution < -0.4 is 0 Å². The van der Waals surface area contributed by atoms with Crippen molar-refractivity contribution in [3.63, 3.8) is 0 Å². The van der Waals surface area contributed by atoms with Gasteiger partial charge in [0, 0.05) is 25.5 Å². The first-order valence-corrected chi connectivity index (χ1v) is 6.03. The molecule has 0 rings (SSSR count). The summed E-state index contributed by atoms with van der Waals surface area (Å²) in [5.74, 6) is 2.09. The Morgan fingerprint density at radius 1 is 1.00 bits per heavy atom. The predicted octanol–water partition coefficient (Wildman–Crippen LogP) is 3.40. The summed E-state index contributed by atoms with van der Waals surface area (Å²) in [4.78, 5) is 2.48. The zero-order valence-electron chi connectivity index (χ0n) is 9.96. The van der Waals surface area contributed by atoms with Crippen LogP contribution >= 0.6 is 11.6 Å². The molecule has 0 aromatic rings. The molecule has 0 saturated heterocycles. The van der Waals surface area contributed by atoms with Crippen LogP contribution in [0.25, 0.3) is 0 Å². The maximum Gasteiger partial charge on any atom is 0.0404 e. The molecule has 0 aromatic heterocycles. The highest BCUT2D eigenvalue weighted by molar-refractivity contribution is 6.18. The second-order valence-electron chi connectivity index (χ2n) is 4.63. The van der Waals surface area contributed by atoms with Gasteiger partial charge in [-0.15, -0.1) is 11.6 Å². The van der Waals surface area contributed by atoms with E-state index in [-0.39, 0.29) is 0 Å². The lowest BCUT2D eigenvalue weighted by Gasteiger charge is -2.24. The van der Waals surface area contributed by atoms with Crippen LogP contribution in [-0.2, 0) is 0 Å². The van der Waals surface area contributed by atoms with Crippen molar-refractivity contribution >= 4 is 11.6 Å². The molecule has 0 fully saturated rings. The number of allylic oxidation sites excluding steroid dienone is 1. The molecule has 0 amide bonds. The average Bonchev–Trinajstić information content (AvgIpc) is 2.02. The van der Waals surface area contributed by atoms with Crippen LogP contribution in [0.15, 0.2) is 12.2 Å². The summed E-state index contributed by atoms with van der Waals surface area (Å²) in [5.41, 5.74) is 0. The molecule has 0 aliphatic rings. The van der Waals surface area contributed by atoms with Gasteiger partial charge in [0.25, 0.3) is 0 Å². The molecule has 0 heterocycles. The van der Waals surface area contributed by atoms with Crippen LogP contribution in [0.5, 0.6) is 0 Å². The minimum atomic E-state index is 0.622. The van der Waals surface area contributed by atoms with E-state index in [9.17, 15) is 0 Å². The third-order valence-corrected chi connectivity index (χ3v) is 2.04. The van der Waals surface area contributed by atoms with E-state index in [1.807, 2.05) is 6.08 Å². The van der Waals surface area contributed by atoms with Gasteiger partial charge in [0.05, 0.1) is 0 Å². The van der Waals surface area contributed by atoms with Gasteiger partial charge >= 0.3 is 0 Å². The molecule has 0 aliphatic carbocycles. The van der Waals surface area contributed by atoms with E-state index in [4.69, 9.17) is 11.6 Å². The van der Waals surface area contributed by atoms with E-state index >= 15 is 0 Å². The first-order chi connectivity index (χ1) is 6.56. The molecule has 0 spiro atoms. The molecule has 84 valence electrons. The number of nitrogens with zero attached hydrogens (tertiary/aromatic N) is 1. The van der Waals surface area contributed by atoms with Crippen molar-refractivity contribution in [1.29, 1.82) is 0 Å². The Morgan fingerprint density at radius 2 is 1.50 bits per heavy atom. The Kier molecular flexibility index (Phi) is 8.30. The maximum absolute atomic E-state index is 5.59. The molecular formula is C12H24ClN. The Morgan fingerprint density at radius 3 is 1.86 bits per heavy atom. The molecule has 1 nitrogen and oxygen atoms in total. The fourth-order valence-electron chi connectivity index (χ4n) is 1.54. The molecule has 0 N–H and O–H groups in total. The van der Waals surface area contributed by atoms with Crippen molar-refractivity contribution in [1.82, 2.24) is 4.90 Å². The highest BCUT2D eigenvalue weighted by Crippen LogP contribution is 2.03.